The van der Waals surface area contributed by atoms with Crippen molar-refractivity contribution in [3.8, 4) is 0 Å². The lowest BCUT2D eigenvalue weighted by Gasteiger charge is -2.07. The smallest absolute Gasteiger partial charge is 0.239 e. The summed E-state index contributed by atoms with van der Waals surface area (Å²) in [5, 5.41) is 8.82. The molecule has 5 amide bonds. The SMILES string of the molecule is Cl.NCC(=O)NCC(=O)NCC(=O)NCC(=O)NCC(N)=O. The molecule has 126 valence electrons. The maximum Gasteiger partial charge on any atom is 0.239 e. The van der Waals surface area contributed by atoms with E-state index in [1.807, 2.05) is 0 Å². The first-order valence-electron chi connectivity index (χ1n) is 5.90. The van der Waals surface area contributed by atoms with Crippen molar-refractivity contribution in [1.82, 2.24) is 21.3 Å². The molecular formula is C10H19ClN6O5. The number of rotatable bonds is 9. The van der Waals surface area contributed by atoms with Crippen molar-refractivity contribution in [3.05, 3.63) is 0 Å². The summed E-state index contributed by atoms with van der Waals surface area (Å²) >= 11 is 0. The van der Waals surface area contributed by atoms with E-state index in [1.54, 1.807) is 0 Å². The van der Waals surface area contributed by atoms with E-state index in [2.05, 4.69) is 21.3 Å². The summed E-state index contributed by atoms with van der Waals surface area (Å²) in [4.78, 5) is 54.8. The predicted octanol–water partition coefficient (Wildman–Crippen LogP) is -4.68. The molecule has 0 aromatic carbocycles. The van der Waals surface area contributed by atoms with Crippen LogP contribution in [0.2, 0.25) is 0 Å². The van der Waals surface area contributed by atoms with Crippen molar-refractivity contribution in [2.75, 3.05) is 32.7 Å². The van der Waals surface area contributed by atoms with Gasteiger partial charge in [-0.15, -0.1) is 12.4 Å². The fraction of sp³-hybridized carbons (Fsp3) is 0.500. The van der Waals surface area contributed by atoms with Gasteiger partial charge in [0.25, 0.3) is 0 Å². The van der Waals surface area contributed by atoms with Crippen molar-refractivity contribution in [3.63, 3.8) is 0 Å². The molecular weight excluding hydrogens is 320 g/mol. The highest BCUT2D eigenvalue weighted by Crippen LogP contribution is 1.70. The molecule has 0 aliphatic heterocycles. The summed E-state index contributed by atoms with van der Waals surface area (Å²) in [5.41, 5.74) is 9.83. The third-order valence-electron chi connectivity index (χ3n) is 1.98. The monoisotopic (exact) mass is 338 g/mol. The molecule has 0 fully saturated rings. The number of nitrogens with one attached hydrogen (secondary N) is 4. The summed E-state index contributed by atoms with van der Waals surface area (Å²) in [6.07, 6.45) is 0. The Morgan fingerprint density at radius 2 is 0.955 bits per heavy atom. The number of carbonyl (C=O) groups is 5. The lowest BCUT2D eigenvalue weighted by molar-refractivity contribution is -0.128. The first-order chi connectivity index (χ1) is 9.85. The summed E-state index contributed by atoms with van der Waals surface area (Å²) in [7, 11) is 0. The van der Waals surface area contributed by atoms with E-state index in [1.165, 1.54) is 0 Å². The fourth-order valence-electron chi connectivity index (χ4n) is 0.982. The van der Waals surface area contributed by atoms with Crippen LogP contribution in [0.4, 0.5) is 0 Å². The molecule has 0 heterocycles. The molecule has 0 aliphatic rings. The number of hydrogen-bond acceptors (Lipinski definition) is 6. The highest BCUT2D eigenvalue weighted by atomic mass is 35.5. The second kappa shape index (κ2) is 12.3. The molecule has 8 N–H and O–H groups in total. The van der Waals surface area contributed by atoms with Crippen LogP contribution in [0.3, 0.4) is 0 Å². The van der Waals surface area contributed by atoms with Crippen molar-refractivity contribution in [2.45, 2.75) is 0 Å². The van der Waals surface area contributed by atoms with Gasteiger partial charge in [-0.2, -0.15) is 0 Å². The number of halogens is 1. The van der Waals surface area contributed by atoms with E-state index in [0.717, 1.165) is 0 Å². The Morgan fingerprint density at radius 3 is 1.27 bits per heavy atom. The Morgan fingerprint density at radius 1 is 0.636 bits per heavy atom. The third kappa shape index (κ3) is 12.6. The van der Waals surface area contributed by atoms with E-state index in [0.29, 0.717) is 0 Å². The second-order valence-corrected chi connectivity index (χ2v) is 3.78. The van der Waals surface area contributed by atoms with Gasteiger partial charge in [0.15, 0.2) is 0 Å². The van der Waals surface area contributed by atoms with Crippen molar-refractivity contribution >= 4 is 41.9 Å². The molecule has 0 saturated heterocycles. The van der Waals surface area contributed by atoms with E-state index in [9.17, 15) is 24.0 Å². The van der Waals surface area contributed by atoms with Gasteiger partial charge in [0, 0.05) is 0 Å². The van der Waals surface area contributed by atoms with Gasteiger partial charge in [-0.3, -0.25) is 24.0 Å². The van der Waals surface area contributed by atoms with Crippen LogP contribution >= 0.6 is 12.4 Å². The zero-order valence-corrected chi connectivity index (χ0v) is 12.5. The Balaban J connectivity index is 0. The van der Waals surface area contributed by atoms with Crippen molar-refractivity contribution in [1.29, 1.82) is 0 Å². The third-order valence-corrected chi connectivity index (χ3v) is 1.98. The van der Waals surface area contributed by atoms with Gasteiger partial charge in [-0.1, -0.05) is 0 Å². The van der Waals surface area contributed by atoms with Crippen LogP contribution in [0.5, 0.6) is 0 Å². The molecule has 0 rings (SSSR count). The summed E-state index contributed by atoms with van der Waals surface area (Å²) in [6, 6.07) is 0. The first-order valence-corrected chi connectivity index (χ1v) is 5.90. The van der Waals surface area contributed by atoms with Crippen LogP contribution in [-0.4, -0.2) is 62.3 Å². The van der Waals surface area contributed by atoms with Gasteiger partial charge in [0.2, 0.25) is 29.5 Å². The molecule has 0 radical (unpaired) electrons. The van der Waals surface area contributed by atoms with E-state index < -0.39 is 29.5 Å². The number of amides is 5. The topological polar surface area (TPSA) is 186 Å². The standard InChI is InChI=1S/C10H18N6O5.ClH/c11-1-7(18)14-3-9(20)16-5-10(21)15-4-8(19)13-2-6(12)17;/h1-5,11H2,(H2,12,17)(H,13,19)(H,14,18)(H,15,21)(H,16,20);1H. The van der Waals surface area contributed by atoms with Gasteiger partial charge in [0.1, 0.15) is 0 Å². The average Bonchev–Trinajstić information content (AvgIpc) is 2.45. The van der Waals surface area contributed by atoms with E-state index >= 15 is 0 Å². The van der Waals surface area contributed by atoms with Gasteiger partial charge in [0.05, 0.1) is 32.7 Å². The number of hydrogen-bond donors (Lipinski definition) is 6. The van der Waals surface area contributed by atoms with E-state index in [4.69, 9.17) is 11.5 Å². The lowest BCUT2D eigenvalue weighted by atomic mass is 10.4. The van der Waals surface area contributed by atoms with Gasteiger partial charge in [-0.05, 0) is 0 Å². The molecule has 0 spiro atoms. The molecule has 0 atom stereocenters. The molecule has 0 unspecified atom stereocenters. The predicted molar refractivity (Wildman–Crippen MR) is 77.5 cm³/mol. The zero-order chi connectivity index (χ0) is 16.3. The number of nitrogens with two attached hydrogens (primary N) is 2. The minimum atomic E-state index is -0.707. The van der Waals surface area contributed by atoms with Crippen LogP contribution in [0.15, 0.2) is 0 Å². The first kappa shape index (κ1) is 21.9. The summed E-state index contributed by atoms with van der Waals surface area (Å²) < 4.78 is 0. The lowest BCUT2D eigenvalue weighted by Crippen LogP contribution is -2.45. The van der Waals surface area contributed by atoms with Gasteiger partial charge >= 0.3 is 0 Å². The second-order valence-electron chi connectivity index (χ2n) is 3.78. The summed E-state index contributed by atoms with van der Waals surface area (Å²) in [5.74, 6) is -2.99. The molecule has 0 aromatic rings. The highest BCUT2D eigenvalue weighted by Gasteiger charge is 2.08. The van der Waals surface area contributed by atoms with Crippen LogP contribution in [0, 0.1) is 0 Å². The minimum absolute atomic E-state index is 0. The van der Waals surface area contributed by atoms with Gasteiger partial charge < -0.3 is 32.7 Å². The molecule has 12 heteroatoms. The quantitative estimate of drug-likeness (QED) is 0.245. The Kier molecular flexibility index (Phi) is 12.3. The molecule has 0 bridgehead atoms. The Hall–Kier alpha value is -2.40. The molecule has 0 saturated carbocycles. The van der Waals surface area contributed by atoms with Gasteiger partial charge in [-0.25, -0.2) is 0 Å². The molecule has 0 aromatic heterocycles. The minimum Gasteiger partial charge on any atom is -0.368 e. The molecule has 22 heavy (non-hydrogen) atoms. The van der Waals surface area contributed by atoms with Crippen molar-refractivity contribution < 1.29 is 24.0 Å². The van der Waals surface area contributed by atoms with Crippen LogP contribution in [0.1, 0.15) is 0 Å². The maximum atomic E-state index is 11.3. The normalized spacial score (nSPS) is 8.95. The Labute approximate surface area is 132 Å². The average molecular weight is 339 g/mol. The largest absolute Gasteiger partial charge is 0.368 e. The van der Waals surface area contributed by atoms with Crippen LogP contribution in [0.25, 0.3) is 0 Å². The Bertz CT molecular complexity index is 430. The van der Waals surface area contributed by atoms with E-state index in [-0.39, 0.29) is 45.1 Å². The van der Waals surface area contributed by atoms with Crippen LogP contribution in [-0.2, 0) is 24.0 Å². The van der Waals surface area contributed by atoms with Crippen LogP contribution < -0.4 is 32.7 Å². The maximum absolute atomic E-state index is 11.3. The highest BCUT2D eigenvalue weighted by molar-refractivity contribution is 5.91. The number of primary amides is 1. The molecule has 0 aliphatic carbocycles. The summed E-state index contributed by atoms with van der Waals surface area (Å²) in [6.45, 7) is -1.59. The zero-order valence-electron chi connectivity index (χ0n) is 11.6. The fourth-order valence-corrected chi connectivity index (χ4v) is 0.982. The number of carbonyl (C=O) groups excluding carboxylic acids is 5. The van der Waals surface area contributed by atoms with Crippen molar-refractivity contribution in [2.24, 2.45) is 11.5 Å². The molecule has 11 nitrogen and oxygen atoms in total.